The van der Waals surface area contributed by atoms with Crippen molar-refractivity contribution < 1.29 is 47.7 Å². The number of β-lactam (4-membered cyclic amide) rings is 2. The molecule has 4 heterocycles. The number of fused-ring (bicyclic) bond motifs is 2. The number of thioether (sulfide) groups is 2. The fourth-order valence-electron chi connectivity index (χ4n) is 5.51. The molecule has 0 saturated carbocycles. The number of nitrogens with zero attached hydrogens (tertiary/aromatic N) is 2. The predicted molar refractivity (Wildman–Crippen MR) is 149 cm³/mol. The number of esters is 3. The minimum atomic E-state index is -1.03. The van der Waals surface area contributed by atoms with Crippen molar-refractivity contribution in [3.63, 3.8) is 0 Å². The van der Waals surface area contributed by atoms with Crippen molar-refractivity contribution in [2.24, 2.45) is 0 Å². The summed E-state index contributed by atoms with van der Waals surface area (Å²) < 4.78 is 19.4. The first-order valence-electron chi connectivity index (χ1n) is 13.3. The van der Waals surface area contributed by atoms with E-state index < -0.39 is 69.5 Å². The minimum Gasteiger partial charge on any atom is -0.484 e. The molecule has 1 aromatic rings. The Hall–Kier alpha value is -3.46. The summed E-state index contributed by atoms with van der Waals surface area (Å²) in [5, 5.41) is 1.95. The third-order valence-corrected chi connectivity index (χ3v) is 10.6. The van der Waals surface area contributed by atoms with E-state index in [9.17, 15) is 28.8 Å². The van der Waals surface area contributed by atoms with Crippen LogP contribution in [0.4, 0.5) is 0 Å². The molecular weight excluding hydrogens is 590 g/mol. The highest BCUT2D eigenvalue weighted by Gasteiger charge is 2.65. The summed E-state index contributed by atoms with van der Waals surface area (Å²) >= 11 is 2.70. The fraction of sp³-hybridized carbons (Fsp3) is 0.556. The van der Waals surface area contributed by atoms with Crippen LogP contribution in [-0.4, -0.2) is 104 Å². The van der Waals surface area contributed by atoms with E-state index in [0.29, 0.717) is 5.75 Å². The zero-order valence-electron chi connectivity index (χ0n) is 23.4. The lowest BCUT2D eigenvalue weighted by Crippen LogP contribution is -2.71. The summed E-state index contributed by atoms with van der Waals surface area (Å²) in [7, 11) is 0. The Balaban J connectivity index is 1.14. The molecule has 4 aliphatic rings. The average Bonchev–Trinajstić information content (AvgIpc) is 3.34. The van der Waals surface area contributed by atoms with E-state index >= 15 is 0 Å². The Labute approximate surface area is 250 Å². The molecule has 5 rings (SSSR count). The monoisotopic (exact) mass is 621 g/mol. The molecule has 0 aromatic heterocycles. The molecule has 6 atom stereocenters. The minimum absolute atomic E-state index is 0.102. The second-order valence-electron chi connectivity index (χ2n) is 11.0. The van der Waals surface area contributed by atoms with Crippen molar-refractivity contribution in [1.82, 2.24) is 15.1 Å². The number of rotatable bonds is 10. The average molecular weight is 622 g/mol. The summed E-state index contributed by atoms with van der Waals surface area (Å²) in [6.45, 7) is 5.43. The molecule has 0 radical (unpaired) electrons. The van der Waals surface area contributed by atoms with Crippen LogP contribution in [0.1, 0.15) is 34.1 Å². The molecule has 1 aromatic carbocycles. The van der Waals surface area contributed by atoms with Crippen LogP contribution in [0, 0.1) is 0 Å². The fourth-order valence-corrected chi connectivity index (χ4v) is 8.80. The van der Waals surface area contributed by atoms with Crippen molar-refractivity contribution in [2.75, 3.05) is 20.0 Å². The van der Waals surface area contributed by atoms with E-state index in [-0.39, 0.29) is 30.9 Å². The standard InChI is InChI=1S/C27H31N3O10S2/c1-14(31)38-12-27(4)21(29-17(33)10-18(29)41-27)25(36)40-13-39-24(35)20-26(2,3)42-23-19(22(34)30(20)23)28-16(32)11-37-15-8-6-5-7-9-15/h5-9,18-21,23H,10-13H2,1-4H3,(H,28,32)/t18-,19-,20+,21+,23-,27+/m1/s1. The van der Waals surface area contributed by atoms with Crippen LogP contribution >= 0.6 is 23.5 Å². The molecule has 15 heteroatoms. The summed E-state index contributed by atoms with van der Waals surface area (Å²) in [4.78, 5) is 78.0. The second-order valence-corrected chi connectivity index (χ2v) is 14.5. The lowest BCUT2D eigenvalue weighted by Gasteiger charge is -2.43. The van der Waals surface area contributed by atoms with E-state index in [4.69, 9.17) is 18.9 Å². The highest BCUT2D eigenvalue weighted by Crippen LogP contribution is 2.52. The van der Waals surface area contributed by atoms with Crippen molar-refractivity contribution in [2.45, 2.75) is 72.5 Å². The third-order valence-electron chi connectivity index (χ3n) is 7.49. The van der Waals surface area contributed by atoms with Crippen LogP contribution in [0.3, 0.4) is 0 Å². The first-order valence-corrected chi connectivity index (χ1v) is 15.0. The van der Waals surface area contributed by atoms with Crippen LogP contribution in [0.2, 0.25) is 0 Å². The number of carbonyl (C=O) groups is 6. The third kappa shape index (κ3) is 5.51. The van der Waals surface area contributed by atoms with Gasteiger partial charge in [-0.05, 0) is 32.9 Å². The van der Waals surface area contributed by atoms with Crippen LogP contribution < -0.4 is 10.1 Å². The zero-order valence-corrected chi connectivity index (χ0v) is 25.0. The van der Waals surface area contributed by atoms with Gasteiger partial charge in [0.1, 0.15) is 35.9 Å². The molecule has 0 spiro atoms. The Bertz CT molecular complexity index is 1310. The number of hydrogen-bond donors (Lipinski definition) is 1. The van der Waals surface area contributed by atoms with Crippen LogP contribution in [-0.2, 0) is 43.0 Å². The van der Waals surface area contributed by atoms with Gasteiger partial charge in [0, 0.05) is 11.7 Å². The van der Waals surface area contributed by atoms with E-state index in [1.54, 1.807) is 45.0 Å². The number of hydrogen-bond acceptors (Lipinski definition) is 12. The Morgan fingerprint density at radius 1 is 0.952 bits per heavy atom. The van der Waals surface area contributed by atoms with Crippen LogP contribution in [0.15, 0.2) is 30.3 Å². The van der Waals surface area contributed by atoms with Crippen molar-refractivity contribution >= 4 is 59.2 Å². The maximum absolute atomic E-state index is 13.1. The first-order chi connectivity index (χ1) is 19.8. The van der Waals surface area contributed by atoms with Gasteiger partial charge in [-0.3, -0.25) is 19.2 Å². The molecule has 226 valence electrons. The van der Waals surface area contributed by atoms with Gasteiger partial charge in [-0.25, -0.2) is 9.59 Å². The van der Waals surface area contributed by atoms with Crippen molar-refractivity contribution in [3.8, 4) is 5.75 Å². The molecule has 42 heavy (non-hydrogen) atoms. The Kier molecular flexibility index (Phi) is 8.09. The molecule has 4 fully saturated rings. The summed E-state index contributed by atoms with van der Waals surface area (Å²) in [6, 6.07) is 5.96. The molecule has 1 N–H and O–H groups in total. The van der Waals surface area contributed by atoms with Crippen molar-refractivity contribution in [1.29, 1.82) is 0 Å². The van der Waals surface area contributed by atoms with Crippen molar-refractivity contribution in [3.05, 3.63) is 30.3 Å². The lowest BCUT2D eigenvalue weighted by atomic mass is 9.96. The van der Waals surface area contributed by atoms with Crippen LogP contribution in [0.25, 0.3) is 0 Å². The molecule has 4 saturated heterocycles. The summed E-state index contributed by atoms with van der Waals surface area (Å²) in [5.41, 5.74) is 0. The summed E-state index contributed by atoms with van der Waals surface area (Å²) in [6.07, 6.45) is 0.264. The molecule has 0 aliphatic carbocycles. The van der Waals surface area contributed by atoms with Gasteiger partial charge in [0.25, 0.3) is 5.91 Å². The highest BCUT2D eigenvalue weighted by atomic mass is 32.2. The molecule has 3 amide bonds. The molecular formula is C27H31N3O10S2. The maximum atomic E-state index is 13.1. The van der Waals surface area contributed by atoms with Gasteiger partial charge >= 0.3 is 17.9 Å². The Morgan fingerprint density at radius 3 is 2.26 bits per heavy atom. The van der Waals surface area contributed by atoms with Gasteiger partial charge < -0.3 is 34.1 Å². The first kappa shape index (κ1) is 30.0. The number of benzene rings is 1. The van der Waals surface area contributed by atoms with Gasteiger partial charge in [0.15, 0.2) is 6.61 Å². The molecule has 4 aliphatic heterocycles. The highest BCUT2D eigenvalue weighted by molar-refractivity contribution is 8.02. The maximum Gasteiger partial charge on any atom is 0.333 e. The zero-order chi connectivity index (χ0) is 30.4. The smallest absolute Gasteiger partial charge is 0.333 e. The van der Waals surface area contributed by atoms with Gasteiger partial charge in [0.05, 0.1) is 16.5 Å². The molecule has 0 bridgehead atoms. The summed E-state index contributed by atoms with van der Waals surface area (Å²) in [5.74, 6) is -2.69. The van der Waals surface area contributed by atoms with E-state index in [1.165, 1.54) is 40.2 Å². The topological polar surface area (TPSA) is 158 Å². The normalized spacial score (nSPS) is 30.3. The molecule has 13 nitrogen and oxygen atoms in total. The van der Waals surface area contributed by atoms with E-state index in [0.717, 1.165) is 0 Å². The number of carbonyl (C=O) groups excluding carboxylic acids is 6. The number of nitrogens with one attached hydrogen (secondary N) is 1. The number of amides is 3. The Morgan fingerprint density at radius 2 is 1.62 bits per heavy atom. The second kappa shape index (κ2) is 11.3. The van der Waals surface area contributed by atoms with E-state index in [2.05, 4.69) is 5.32 Å². The quantitative estimate of drug-likeness (QED) is 0.221. The van der Waals surface area contributed by atoms with Gasteiger partial charge in [-0.15, -0.1) is 23.5 Å². The van der Waals surface area contributed by atoms with Gasteiger partial charge in [-0.2, -0.15) is 0 Å². The van der Waals surface area contributed by atoms with Crippen LogP contribution in [0.5, 0.6) is 5.75 Å². The van der Waals surface area contributed by atoms with Gasteiger partial charge in [0.2, 0.25) is 18.6 Å². The largest absolute Gasteiger partial charge is 0.484 e. The van der Waals surface area contributed by atoms with E-state index in [1.807, 2.05) is 6.07 Å². The number of ether oxygens (including phenoxy) is 4. The molecule has 0 unspecified atom stereocenters. The van der Waals surface area contributed by atoms with Gasteiger partial charge in [-0.1, -0.05) is 18.2 Å². The predicted octanol–water partition coefficient (Wildman–Crippen LogP) is 0.652. The SMILES string of the molecule is CC(=O)OC[C@]1(C)S[C@@H]2CC(=O)N2[C@H]1C(=O)OCOC(=O)[C@@H]1N2C(=O)[C@@H](NC(=O)COc3ccccc3)[C@H]2SC1(C)C. The lowest BCUT2D eigenvalue weighted by molar-refractivity contribution is -0.182. The number of para-hydroxylation sites is 1.